The Morgan fingerprint density at radius 2 is 1.89 bits per heavy atom. The molecule has 0 spiro atoms. The van der Waals surface area contributed by atoms with Gasteiger partial charge >= 0.3 is 5.97 Å². The van der Waals surface area contributed by atoms with E-state index in [1.165, 1.54) is 0 Å². The summed E-state index contributed by atoms with van der Waals surface area (Å²) in [5.74, 6) is -0.164. The van der Waals surface area contributed by atoms with E-state index in [0.29, 0.717) is 12.2 Å². The first-order valence-electron chi connectivity index (χ1n) is 6.55. The summed E-state index contributed by atoms with van der Waals surface area (Å²) in [5, 5.41) is 0. The molecule has 3 nitrogen and oxygen atoms in total. The molecule has 1 unspecified atom stereocenters. The molecular weight excluding hydrogens is 256 g/mol. The quantitative estimate of drug-likeness (QED) is 0.612. The molecule has 19 heavy (non-hydrogen) atoms. The van der Waals surface area contributed by atoms with Crippen molar-refractivity contribution in [1.29, 1.82) is 0 Å². The van der Waals surface area contributed by atoms with Gasteiger partial charge in [0.15, 0.2) is 0 Å². The summed E-state index contributed by atoms with van der Waals surface area (Å²) in [6, 6.07) is 7.26. The number of ether oxygens (including phenoxy) is 1. The summed E-state index contributed by atoms with van der Waals surface area (Å²) in [6.07, 6.45) is 0. The molecule has 0 saturated carbocycles. The SMILES string of the molecule is CCOC(=O)c1cccc(C(C(C)=O)[Si](C)(C)C)c1. The summed E-state index contributed by atoms with van der Waals surface area (Å²) in [5.41, 5.74) is 1.36. The van der Waals surface area contributed by atoms with E-state index in [1.54, 1.807) is 26.0 Å². The molecule has 0 saturated heterocycles. The van der Waals surface area contributed by atoms with Crippen molar-refractivity contribution in [3.63, 3.8) is 0 Å². The number of ketones is 1. The van der Waals surface area contributed by atoms with E-state index >= 15 is 0 Å². The second-order valence-corrected chi connectivity index (χ2v) is 11.1. The van der Waals surface area contributed by atoms with Crippen molar-refractivity contribution in [3.8, 4) is 0 Å². The van der Waals surface area contributed by atoms with Gasteiger partial charge in [0.1, 0.15) is 5.78 Å². The fourth-order valence-electron chi connectivity index (χ4n) is 2.40. The number of Topliss-reactive ketones (excluding diaryl/α,β-unsaturated/α-hetero) is 1. The van der Waals surface area contributed by atoms with Gasteiger partial charge in [0.25, 0.3) is 0 Å². The average Bonchev–Trinajstić information content (AvgIpc) is 2.27. The highest BCUT2D eigenvalue weighted by atomic mass is 28.3. The molecule has 0 aliphatic heterocycles. The van der Waals surface area contributed by atoms with Gasteiger partial charge in [0.2, 0.25) is 0 Å². The molecule has 0 aliphatic rings. The number of esters is 1. The monoisotopic (exact) mass is 278 g/mol. The van der Waals surface area contributed by atoms with Crippen molar-refractivity contribution in [3.05, 3.63) is 35.4 Å². The normalized spacial score (nSPS) is 12.9. The van der Waals surface area contributed by atoms with E-state index in [-0.39, 0.29) is 17.3 Å². The zero-order valence-corrected chi connectivity index (χ0v) is 13.3. The van der Waals surface area contributed by atoms with Crippen molar-refractivity contribution >= 4 is 19.8 Å². The van der Waals surface area contributed by atoms with Gasteiger partial charge in [-0.3, -0.25) is 4.79 Å². The van der Waals surface area contributed by atoms with Crippen molar-refractivity contribution in [2.75, 3.05) is 6.61 Å². The van der Waals surface area contributed by atoms with Crippen LogP contribution in [0.5, 0.6) is 0 Å². The molecule has 0 fully saturated rings. The first-order chi connectivity index (χ1) is 8.77. The second-order valence-electron chi connectivity index (χ2n) is 5.76. The summed E-state index contributed by atoms with van der Waals surface area (Å²) >= 11 is 0. The van der Waals surface area contributed by atoms with Gasteiger partial charge in [-0.25, -0.2) is 4.79 Å². The molecule has 0 amide bonds. The summed E-state index contributed by atoms with van der Waals surface area (Å²) in [4.78, 5) is 23.7. The lowest BCUT2D eigenvalue weighted by Gasteiger charge is -2.27. The minimum atomic E-state index is -1.67. The molecule has 0 heterocycles. The Hall–Kier alpha value is -1.42. The number of rotatable bonds is 5. The van der Waals surface area contributed by atoms with Crippen molar-refractivity contribution < 1.29 is 14.3 Å². The van der Waals surface area contributed by atoms with Gasteiger partial charge in [-0.1, -0.05) is 31.8 Å². The molecule has 0 N–H and O–H groups in total. The van der Waals surface area contributed by atoms with Gasteiger partial charge < -0.3 is 4.74 Å². The number of hydrogen-bond donors (Lipinski definition) is 0. The zero-order valence-electron chi connectivity index (χ0n) is 12.3. The van der Waals surface area contributed by atoms with Gasteiger partial charge in [-0.2, -0.15) is 0 Å². The minimum absolute atomic E-state index is 0.0816. The van der Waals surface area contributed by atoms with Gasteiger partial charge in [0.05, 0.1) is 20.2 Å². The van der Waals surface area contributed by atoms with E-state index in [2.05, 4.69) is 19.6 Å². The molecular formula is C15H22O3Si. The molecule has 1 aromatic carbocycles. The number of benzene rings is 1. The van der Waals surface area contributed by atoms with Gasteiger partial charge in [-0.15, -0.1) is 0 Å². The number of hydrogen-bond acceptors (Lipinski definition) is 3. The lowest BCUT2D eigenvalue weighted by atomic mass is 10.1. The maximum Gasteiger partial charge on any atom is 0.338 e. The molecule has 1 atom stereocenters. The van der Waals surface area contributed by atoms with Crippen LogP contribution in [-0.2, 0) is 9.53 Å². The molecule has 104 valence electrons. The fraction of sp³-hybridized carbons (Fsp3) is 0.467. The molecule has 0 aromatic heterocycles. The van der Waals surface area contributed by atoms with Gasteiger partial charge in [0, 0.05) is 5.54 Å². The average molecular weight is 278 g/mol. The van der Waals surface area contributed by atoms with Crippen LogP contribution in [0.25, 0.3) is 0 Å². The first-order valence-corrected chi connectivity index (χ1v) is 10.1. The molecule has 0 radical (unpaired) electrons. The smallest absolute Gasteiger partial charge is 0.338 e. The number of carbonyl (C=O) groups is 2. The van der Waals surface area contributed by atoms with Crippen LogP contribution in [0.3, 0.4) is 0 Å². The highest BCUT2D eigenvalue weighted by Gasteiger charge is 2.32. The maximum absolute atomic E-state index is 11.9. The van der Waals surface area contributed by atoms with Crippen LogP contribution in [0.2, 0.25) is 19.6 Å². The molecule has 0 bridgehead atoms. The third-order valence-electron chi connectivity index (χ3n) is 3.00. The third-order valence-corrected chi connectivity index (χ3v) is 5.48. The van der Waals surface area contributed by atoms with Crippen LogP contribution in [0, 0.1) is 0 Å². The molecule has 1 rings (SSSR count). The second kappa shape index (κ2) is 6.15. The maximum atomic E-state index is 11.9. The van der Waals surface area contributed by atoms with E-state index in [0.717, 1.165) is 5.56 Å². The van der Waals surface area contributed by atoms with Crippen LogP contribution in [-0.4, -0.2) is 26.4 Å². The Balaban J connectivity index is 3.16. The van der Waals surface area contributed by atoms with Gasteiger partial charge in [-0.05, 0) is 31.5 Å². The standard InChI is InChI=1S/C15H22O3Si/c1-6-18-15(17)13-9-7-8-12(10-13)14(11(2)16)19(3,4)5/h7-10,14H,6H2,1-5H3. The summed E-state index contributed by atoms with van der Waals surface area (Å²) in [6.45, 7) is 10.2. The predicted octanol–water partition coefficient (Wildman–Crippen LogP) is 3.41. The Kier molecular flexibility index (Phi) is 5.06. The Bertz CT molecular complexity index is 475. The van der Waals surface area contributed by atoms with Crippen LogP contribution in [0.1, 0.15) is 35.3 Å². The van der Waals surface area contributed by atoms with Crippen molar-refractivity contribution in [2.45, 2.75) is 39.0 Å². The van der Waals surface area contributed by atoms with E-state index < -0.39 is 8.07 Å². The lowest BCUT2D eigenvalue weighted by Crippen LogP contribution is -2.35. The Labute approximate surface area is 116 Å². The predicted molar refractivity (Wildman–Crippen MR) is 79.2 cm³/mol. The molecule has 0 aliphatic carbocycles. The van der Waals surface area contributed by atoms with E-state index in [9.17, 15) is 9.59 Å². The minimum Gasteiger partial charge on any atom is -0.462 e. The topological polar surface area (TPSA) is 43.4 Å². The largest absolute Gasteiger partial charge is 0.462 e. The highest BCUT2D eigenvalue weighted by Crippen LogP contribution is 2.28. The molecule has 1 aromatic rings. The highest BCUT2D eigenvalue weighted by molar-refractivity contribution is 6.80. The van der Waals surface area contributed by atoms with Crippen molar-refractivity contribution in [1.82, 2.24) is 0 Å². The van der Waals surface area contributed by atoms with Crippen LogP contribution in [0.15, 0.2) is 24.3 Å². The Morgan fingerprint density at radius 3 is 2.37 bits per heavy atom. The van der Waals surface area contributed by atoms with Crippen LogP contribution < -0.4 is 0 Å². The molecule has 4 heteroatoms. The Morgan fingerprint density at radius 1 is 1.26 bits per heavy atom. The lowest BCUT2D eigenvalue weighted by molar-refractivity contribution is -0.116. The van der Waals surface area contributed by atoms with Crippen LogP contribution in [0.4, 0.5) is 0 Å². The first kappa shape index (κ1) is 15.6. The van der Waals surface area contributed by atoms with Crippen LogP contribution >= 0.6 is 0 Å². The van der Waals surface area contributed by atoms with E-state index in [4.69, 9.17) is 4.74 Å². The van der Waals surface area contributed by atoms with E-state index in [1.807, 2.05) is 12.1 Å². The third kappa shape index (κ3) is 4.03. The fourth-order valence-corrected chi connectivity index (χ4v) is 4.80. The summed E-state index contributed by atoms with van der Waals surface area (Å²) in [7, 11) is -1.67. The summed E-state index contributed by atoms with van der Waals surface area (Å²) < 4.78 is 5.00. The number of carbonyl (C=O) groups excluding carboxylic acids is 2. The zero-order chi connectivity index (χ0) is 14.6. The van der Waals surface area contributed by atoms with Crippen molar-refractivity contribution in [2.24, 2.45) is 0 Å².